The Kier molecular flexibility index (Phi) is 24.3. The van der Waals surface area contributed by atoms with E-state index in [4.69, 9.17) is 47.4 Å². The van der Waals surface area contributed by atoms with Crippen LogP contribution >= 0.6 is 0 Å². The Morgan fingerprint density at radius 2 is 1.20 bits per heavy atom. The number of ether oxygens (including phenoxy) is 10. The number of phenols is 1. The molecule has 24 heteroatoms. The van der Waals surface area contributed by atoms with E-state index in [1.54, 1.807) is 71.9 Å². The molecule has 0 aliphatic carbocycles. The number of aromatic amines is 1. The van der Waals surface area contributed by atoms with Crippen LogP contribution in [0.25, 0.3) is 10.9 Å². The Bertz CT molecular complexity index is 3330. The number of aromatic hydroxyl groups is 1. The van der Waals surface area contributed by atoms with Crippen LogP contribution in [-0.4, -0.2) is 182 Å². The number of fused-ring (bicyclic) bond motifs is 2. The van der Waals surface area contributed by atoms with E-state index in [9.17, 15) is 37.5 Å². The standard InChI is InChI=1S/C64H85N5O18S/c1-62(2,3)51-39-56(55(70)40-53(51)66-59(73)50-41-65-52-13-11-10-12-48(52)58(50)72)85-37-35-83-33-31-81-29-27-79-25-24-78-26-28-80-30-32-82-34-36-84-46-16-14-44(15-17-46)45-20-22-68(23-21-45)88(76,77)47-18-19-49-54(38-47)69(61(75)87-64(7,8)9)43-67(60(49)74)42-57(71)86-63(4,5)6/h10-19,38-41,45,70H,20-37,42-43H2,1-9H3,(H,65,72)(H,66,73). The molecule has 0 radical (unpaired) electrons. The van der Waals surface area contributed by atoms with E-state index in [1.165, 1.54) is 44.6 Å². The van der Waals surface area contributed by atoms with Crippen molar-refractivity contribution in [2.45, 2.75) is 103 Å². The molecule has 3 amide bonds. The molecule has 3 N–H and O–H groups in total. The van der Waals surface area contributed by atoms with Gasteiger partial charge in [0.15, 0.2) is 11.5 Å². The van der Waals surface area contributed by atoms with Crippen molar-refractivity contribution in [1.29, 1.82) is 0 Å². The molecule has 2 aliphatic heterocycles. The van der Waals surface area contributed by atoms with Crippen molar-refractivity contribution >= 4 is 56.2 Å². The Morgan fingerprint density at radius 3 is 1.76 bits per heavy atom. The van der Waals surface area contributed by atoms with Gasteiger partial charge in [-0.3, -0.25) is 24.1 Å². The molecule has 0 spiro atoms. The zero-order valence-electron chi connectivity index (χ0n) is 51.9. The number of nitrogens with zero attached hydrogens (tertiary/aromatic N) is 3. The van der Waals surface area contributed by atoms with Crippen LogP contribution in [0.3, 0.4) is 0 Å². The first kappa shape index (κ1) is 68.3. The van der Waals surface area contributed by atoms with Gasteiger partial charge in [-0.05, 0) is 125 Å². The summed E-state index contributed by atoms with van der Waals surface area (Å²) in [5.74, 6) is -0.922. The normalized spacial score (nSPS) is 14.4. The number of hydrogen-bond acceptors (Lipinski definition) is 18. The van der Waals surface area contributed by atoms with Crippen LogP contribution in [0.5, 0.6) is 17.2 Å². The van der Waals surface area contributed by atoms with Crippen LogP contribution in [0.15, 0.2) is 94.7 Å². The fraction of sp³-hybridized carbons (Fsp3) is 0.516. The number of piperidine rings is 1. The summed E-state index contributed by atoms with van der Waals surface area (Å²) in [6, 6.07) is 21.9. The first-order valence-corrected chi connectivity index (χ1v) is 31.0. The van der Waals surface area contributed by atoms with Crippen molar-refractivity contribution < 1.29 is 80.1 Å². The third kappa shape index (κ3) is 19.9. The fourth-order valence-corrected chi connectivity index (χ4v) is 11.2. The summed E-state index contributed by atoms with van der Waals surface area (Å²) in [4.78, 5) is 71.4. The second kappa shape index (κ2) is 31.3. The number of H-pyrrole nitrogens is 1. The number of anilines is 2. The summed E-state index contributed by atoms with van der Waals surface area (Å²) in [5.41, 5.74) is 0.329. The van der Waals surface area contributed by atoms with E-state index >= 15 is 0 Å². The number of sulfonamides is 1. The van der Waals surface area contributed by atoms with E-state index in [2.05, 4.69) is 10.3 Å². The number of rotatable bonds is 30. The van der Waals surface area contributed by atoms with Crippen LogP contribution in [0, 0.1) is 0 Å². The first-order chi connectivity index (χ1) is 41.8. The van der Waals surface area contributed by atoms with Crippen LogP contribution in [0.2, 0.25) is 0 Å². The third-order valence-corrected chi connectivity index (χ3v) is 15.8. The molecular formula is C64H85N5O18S. The van der Waals surface area contributed by atoms with Crippen molar-refractivity contribution in [3.63, 3.8) is 0 Å². The molecule has 480 valence electrons. The van der Waals surface area contributed by atoms with E-state index in [1.807, 2.05) is 45.0 Å². The molecule has 1 fully saturated rings. The number of carbonyl (C=O) groups is 4. The number of benzene rings is 4. The van der Waals surface area contributed by atoms with Gasteiger partial charge in [0.05, 0.1) is 95.4 Å². The maximum absolute atomic E-state index is 14.1. The van der Waals surface area contributed by atoms with Crippen LogP contribution in [-0.2, 0) is 58.1 Å². The Balaban J connectivity index is 0.687. The molecule has 3 heterocycles. The van der Waals surface area contributed by atoms with Gasteiger partial charge in [0.1, 0.15) is 48.9 Å². The number of hydrogen-bond donors (Lipinski definition) is 3. The lowest BCUT2D eigenvalue weighted by atomic mass is 9.85. The summed E-state index contributed by atoms with van der Waals surface area (Å²) in [6.07, 6.45) is 1.76. The van der Waals surface area contributed by atoms with E-state index < -0.39 is 62.5 Å². The molecule has 1 saturated heterocycles. The smallest absolute Gasteiger partial charge is 0.416 e. The molecule has 0 unspecified atom stereocenters. The number of esters is 1. The monoisotopic (exact) mass is 1240 g/mol. The highest BCUT2D eigenvalue weighted by Gasteiger charge is 2.39. The molecule has 23 nitrogen and oxygen atoms in total. The van der Waals surface area contributed by atoms with E-state index in [-0.39, 0.29) is 72.1 Å². The number of aromatic nitrogens is 1. The molecule has 0 bridgehead atoms. The van der Waals surface area contributed by atoms with Gasteiger partial charge < -0.3 is 67.7 Å². The first-order valence-electron chi connectivity index (χ1n) is 29.6. The Morgan fingerprint density at radius 1 is 0.659 bits per heavy atom. The minimum absolute atomic E-state index is 0.0444. The summed E-state index contributed by atoms with van der Waals surface area (Å²) in [6.45, 7) is 20.9. The molecule has 4 aromatic carbocycles. The lowest BCUT2D eigenvalue weighted by molar-refractivity contribution is -0.155. The summed E-state index contributed by atoms with van der Waals surface area (Å²) in [7, 11) is -4.02. The highest BCUT2D eigenvalue weighted by Crippen LogP contribution is 2.40. The summed E-state index contributed by atoms with van der Waals surface area (Å²) < 4.78 is 85.9. The van der Waals surface area contributed by atoms with Gasteiger partial charge >= 0.3 is 12.1 Å². The lowest BCUT2D eigenvalue weighted by Gasteiger charge is -2.37. The second-order valence-corrected chi connectivity index (χ2v) is 26.0. The third-order valence-electron chi connectivity index (χ3n) is 13.9. The van der Waals surface area contributed by atoms with Crippen LogP contribution in [0.1, 0.15) is 113 Å². The van der Waals surface area contributed by atoms with Crippen molar-refractivity contribution in [2.24, 2.45) is 0 Å². The number of phenolic OH excluding ortho intramolecular Hbond substituents is 1. The average molecular weight is 1240 g/mol. The summed E-state index contributed by atoms with van der Waals surface area (Å²) in [5, 5.41) is 14.0. The van der Waals surface area contributed by atoms with Gasteiger partial charge in [-0.25, -0.2) is 13.2 Å². The SMILES string of the molecule is CC(C)(C)OC(=O)CN1CN(C(=O)OC(C)(C)C)c2cc(S(=O)(=O)N3CCC(c4ccc(OCCOCCOCCOCCOCCOCCOCCOc5cc(C(C)(C)C)c(NC(=O)c6c[nH]c7ccccc7c6=O)cc5O)cc4)CC3)ccc2C1=O. The highest BCUT2D eigenvalue weighted by atomic mass is 32.2. The van der Waals surface area contributed by atoms with Gasteiger partial charge in [0.25, 0.3) is 11.8 Å². The van der Waals surface area contributed by atoms with Crippen LogP contribution < -0.4 is 25.1 Å². The lowest BCUT2D eigenvalue weighted by Crippen LogP contribution is -2.52. The Labute approximate surface area is 514 Å². The molecule has 1 aromatic heterocycles. The maximum atomic E-state index is 14.1. The molecule has 0 saturated carbocycles. The van der Waals surface area contributed by atoms with Crippen molar-refractivity contribution in [1.82, 2.24) is 14.2 Å². The Hall–Kier alpha value is -7.16. The summed E-state index contributed by atoms with van der Waals surface area (Å²) >= 11 is 0. The maximum Gasteiger partial charge on any atom is 0.416 e. The highest BCUT2D eigenvalue weighted by molar-refractivity contribution is 7.89. The second-order valence-electron chi connectivity index (χ2n) is 24.1. The van der Waals surface area contributed by atoms with Crippen LogP contribution in [0.4, 0.5) is 16.2 Å². The predicted molar refractivity (Wildman–Crippen MR) is 329 cm³/mol. The number of nitrogens with one attached hydrogen (secondary N) is 2. The van der Waals surface area contributed by atoms with Gasteiger partial charge in [0.2, 0.25) is 15.5 Å². The largest absolute Gasteiger partial charge is 0.504 e. The van der Waals surface area contributed by atoms with Gasteiger partial charge in [0, 0.05) is 41.9 Å². The van der Waals surface area contributed by atoms with Crippen molar-refractivity contribution in [3.8, 4) is 17.2 Å². The molecule has 7 rings (SSSR count). The van der Waals surface area contributed by atoms with Gasteiger partial charge in [-0.1, -0.05) is 45.0 Å². The quantitative estimate of drug-likeness (QED) is 0.0287. The number of pyridine rings is 1. The molecule has 2 aliphatic rings. The van der Waals surface area contributed by atoms with E-state index in [0.717, 1.165) is 5.56 Å². The molecular weight excluding hydrogens is 1160 g/mol. The molecule has 0 atom stereocenters. The predicted octanol–water partition coefficient (Wildman–Crippen LogP) is 8.41. The van der Waals surface area contributed by atoms with E-state index in [0.29, 0.717) is 120 Å². The average Bonchev–Trinajstić information content (AvgIpc) is 0.966. The van der Waals surface area contributed by atoms with Crippen molar-refractivity contribution in [3.05, 3.63) is 118 Å². The fourth-order valence-electron chi connectivity index (χ4n) is 9.66. The number of para-hydroxylation sites is 1. The van der Waals surface area contributed by atoms with Crippen molar-refractivity contribution in [2.75, 3.05) is 129 Å². The topological polar surface area (TPSA) is 270 Å². The molecule has 5 aromatic rings. The zero-order valence-corrected chi connectivity index (χ0v) is 52.8. The number of amides is 3. The number of carbonyl (C=O) groups excluding carboxylic acids is 4. The van der Waals surface area contributed by atoms with Gasteiger partial charge in [-0.15, -0.1) is 0 Å². The molecule has 88 heavy (non-hydrogen) atoms. The zero-order chi connectivity index (χ0) is 63.7. The van der Waals surface area contributed by atoms with Gasteiger partial charge in [-0.2, -0.15) is 4.31 Å². The minimum atomic E-state index is -4.02. The minimum Gasteiger partial charge on any atom is -0.504 e.